The van der Waals surface area contributed by atoms with Crippen molar-refractivity contribution in [1.82, 2.24) is 0 Å². The summed E-state index contributed by atoms with van der Waals surface area (Å²) in [6, 6.07) is 15.9. The standard InChI is InChI=1S/C16H12O4/c17-15(11-6-2-1-3-7-11)20-14-13-9-5-4-8-12(13)10-19-16(14)18/h1-9,14H,10H2. The zero-order valence-electron chi connectivity index (χ0n) is 10.6. The second kappa shape index (κ2) is 5.17. The lowest BCUT2D eigenvalue weighted by Crippen LogP contribution is -2.27. The molecule has 0 amide bonds. The third-order valence-electron chi connectivity index (χ3n) is 3.16. The molecule has 0 saturated carbocycles. The molecule has 0 bridgehead atoms. The summed E-state index contributed by atoms with van der Waals surface area (Å²) in [4.78, 5) is 23.9. The van der Waals surface area contributed by atoms with Crippen LogP contribution in [0.15, 0.2) is 54.6 Å². The van der Waals surface area contributed by atoms with Gasteiger partial charge in [0.15, 0.2) is 0 Å². The van der Waals surface area contributed by atoms with E-state index in [1.807, 2.05) is 12.1 Å². The number of hydrogen-bond donors (Lipinski definition) is 0. The van der Waals surface area contributed by atoms with Crippen LogP contribution in [-0.4, -0.2) is 11.9 Å². The Balaban J connectivity index is 1.87. The van der Waals surface area contributed by atoms with Crippen molar-refractivity contribution in [3.05, 3.63) is 71.3 Å². The Hall–Kier alpha value is -2.62. The molecule has 0 radical (unpaired) electrons. The van der Waals surface area contributed by atoms with Gasteiger partial charge in [-0.3, -0.25) is 0 Å². The molecule has 0 spiro atoms. The average Bonchev–Trinajstić information content (AvgIpc) is 2.51. The molecule has 2 aromatic rings. The van der Waals surface area contributed by atoms with Gasteiger partial charge in [-0.1, -0.05) is 42.5 Å². The molecule has 3 rings (SSSR count). The molecule has 2 aromatic carbocycles. The first-order valence-corrected chi connectivity index (χ1v) is 6.26. The maximum atomic E-state index is 12.0. The number of fused-ring (bicyclic) bond motifs is 1. The average molecular weight is 268 g/mol. The van der Waals surface area contributed by atoms with E-state index >= 15 is 0 Å². The van der Waals surface area contributed by atoms with E-state index in [1.165, 1.54) is 0 Å². The summed E-state index contributed by atoms with van der Waals surface area (Å²) < 4.78 is 10.3. The lowest BCUT2D eigenvalue weighted by Gasteiger charge is -2.24. The summed E-state index contributed by atoms with van der Waals surface area (Å²) in [6.07, 6.45) is -0.993. The lowest BCUT2D eigenvalue weighted by atomic mass is 10.0. The second-order valence-electron chi connectivity index (χ2n) is 4.46. The molecule has 1 atom stereocenters. The largest absolute Gasteiger partial charge is 0.458 e. The van der Waals surface area contributed by atoms with Crippen molar-refractivity contribution in [2.45, 2.75) is 12.7 Å². The highest BCUT2D eigenvalue weighted by Crippen LogP contribution is 2.29. The van der Waals surface area contributed by atoms with Gasteiger partial charge in [-0.15, -0.1) is 0 Å². The van der Waals surface area contributed by atoms with Gasteiger partial charge in [0, 0.05) is 5.56 Å². The van der Waals surface area contributed by atoms with E-state index in [4.69, 9.17) is 9.47 Å². The van der Waals surface area contributed by atoms with Crippen LogP contribution in [0, 0.1) is 0 Å². The summed E-state index contributed by atoms with van der Waals surface area (Å²) in [6.45, 7) is 0.217. The Kier molecular flexibility index (Phi) is 3.21. The van der Waals surface area contributed by atoms with Crippen LogP contribution in [0.2, 0.25) is 0 Å². The van der Waals surface area contributed by atoms with Crippen molar-refractivity contribution >= 4 is 11.9 Å². The van der Waals surface area contributed by atoms with Crippen molar-refractivity contribution in [1.29, 1.82) is 0 Å². The van der Waals surface area contributed by atoms with Crippen LogP contribution in [0.4, 0.5) is 0 Å². The lowest BCUT2D eigenvalue weighted by molar-refractivity contribution is -0.158. The number of ether oxygens (including phenoxy) is 2. The Morgan fingerprint density at radius 3 is 2.55 bits per heavy atom. The minimum Gasteiger partial charge on any atom is -0.458 e. The number of carbonyl (C=O) groups excluding carboxylic acids is 2. The quantitative estimate of drug-likeness (QED) is 0.786. The number of benzene rings is 2. The van der Waals surface area contributed by atoms with Crippen LogP contribution in [-0.2, 0) is 20.9 Å². The van der Waals surface area contributed by atoms with Gasteiger partial charge in [-0.2, -0.15) is 0 Å². The van der Waals surface area contributed by atoms with Crippen LogP contribution in [0.5, 0.6) is 0 Å². The van der Waals surface area contributed by atoms with Gasteiger partial charge in [0.25, 0.3) is 0 Å². The molecule has 0 N–H and O–H groups in total. The second-order valence-corrected chi connectivity index (χ2v) is 4.46. The number of hydrogen-bond acceptors (Lipinski definition) is 4. The monoisotopic (exact) mass is 268 g/mol. The normalized spacial score (nSPS) is 17.0. The van der Waals surface area contributed by atoms with Crippen molar-refractivity contribution < 1.29 is 19.1 Å². The Bertz CT molecular complexity index is 649. The van der Waals surface area contributed by atoms with Crippen molar-refractivity contribution in [3.63, 3.8) is 0 Å². The van der Waals surface area contributed by atoms with Crippen molar-refractivity contribution in [2.75, 3.05) is 0 Å². The van der Waals surface area contributed by atoms with Gasteiger partial charge in [0.2, 0.25) is 6.10 Å². The maximum absolute atomic E-state index is 12.0. The summed E-state index contributed by atoms with van der Waals surface area (Å²) >= 11 is 0. The van der Waals surface area contributed by atoms with E-state index in [0.29, 0.717) is 11.1 Å². The van der Waals surface area contributed by atoms with Gasteiger partial charge in [-0.05, 0) is 17.7 Å². The molecule has 4 nitrogen and oxygen atoms in total. The summed E-state index contributed by atoms with van der Waals surface area (Å²) in [5, 5.41) is 0. The van der Waals surface area contributed by atoms with Gasteiger partial charge >= 0.3 is 11.9 Å². The van der Waals surface area contributed by atoms with Gasteiger partial charge in [0.1, 0.15) is 6.61 Å². The zero-order chi connectivity index (χ0) is 13.9. The molecule has 0 aromatic heterocycles. The molecule has 20 heavy (non-hydrogen) atoms. The van der Waals surface area contributed by atoms with Gasteiger partial charge < -0.3 is 9.47 Å². The van der Waals surface area contributed by atoms with Crippen molar-refractivity contribution in [2.24, 2.45) is 0 Å². The highest BCUT2D eigenvalue weighted by Gasteiger charge is 2.32. The predicted molar refractivity (Wildman–Crippen MR) is 70.8 cm³/mol. The zero-order valence-corrected chi connectivity index (χ0v) is 10.6. The third kappa shape index (κ3) is 2.28. The molecule has 1 unspecified atom stereocenters. The summed E-state index contributed by atoms with van der Waals surface area (Å²) in [5.74, 6) is -1.07. The van der Waals surface area contributed by atoms with Crippen molar-refractivity contribution in [3.8, 4) is 0 Å². The van der Waals surface area contributed by atoms with E-state index in [9.17, 15) is 9.59 Å². The number of carbonyl (C=O) groups is 2. The fraction of sp³-hybridized carbons (Fsp3) is 0.125. The minimum absolute atomic E-state index is 0.217. The van der Waals surface area contributed by atoms with Crippen LogP contribution < -0.4 is 0 Å². The topological polar surface area (TPSA) is 52.6 Å². The van der Waals surface area contributed by atoms with Gasteiger partial charge in [0.05, 0.1) is 5.56 Å². The number of esters is 2. The molecule has 1 aliphatic heterocycles. The number of cyclic esters (lactones) is 1. The molecule has 4 heteroatoms. The van der Waals surface area contributed by atoms with Crippen LogP contribution in [0.1, 0.15) is 27.6 Å². The first-order valence-electron chi connectivity index (χ1n) is 6.26. The van der Waals surface area contributed by atoms with E-state index in [2.05, 4.69) is 0 Å². The van der Waals surface area contributed by atoms with E-state index in [-0.39, 0.29) is 6.61 Å². The Labute approximate surface area is 115 Å². The molecular weight excluding hydrogens is 256 g/mol. The molecule has 0 saturated heterocycles. The highest BCUT2D eigenvalue weighted by molar-refractivity contribution is 5.92. The Morgan fingerprint density at radius 1 is 1.05 bits per heavy atom. The highest BCUT2D eigenvalue weighted by atomic mass is 16.6. The fourth-order valence-electron chi connectivity index (χ4n) is 2.13. The van der Waals surface area contributed by atoms with Gasteiger partial charge in [-0.25, -0.2) is 9.59 Å². The number of rotatable bonds is 2. The molecular formula is C16H12O4. The fourth-order valence-corrected chi connectivity index (χ4v) is 2.13. The summed E-state index contributed by atoms with van der Waals surface area (Å²) in [5.41, 5.74) is 1.95. The predicted octanol–water partition coefficient (Wildman–Crippen LogP) is 2.64. The molecule has 100 valence electrons. The first-order chi connectivity index (χ1) is 9.75. The van der Waals surface area contributed by atoms with E-state index < -0.39 is 18.0 Å². The smallest absolute Gasteiger partial charge is 0.352 e. The van der Waals surface area contributed by atoms with E-state index in [0.717, 1.165) is 5.56 Å². The molecule has 1 aliphatic rings. The van der Waals surface area contributed by atoms with E-state index in [1.54, 1.807) is 42.5 Å². The van der Waals surface area contributed by atoms with Crippen LogP contribution in [0.25, 0.3) is 0 Å². The molecule has 0 aliphatic carbocycles. The molecule has 0 fully saturated rings. The third-order valence-corrected chi connectivity index (χ3v) is 3.16. The molecule has 1 heterocycles. The van der Waals surface area contributed by atoms with Crippen LogP contribution >= 0.6 is 0 Å². The SMILES string of the molecule is O=C(OC1C(=O)OCc2ccccc21)c1ccccc1. The summed E-state index contributed by atoms with van der Waals surface area (Å²) in [7, 11) is 0. The maximum Gasteiger partial charge on any atom is 0.352 e. The van der Waals surface area contributed by atoms with Crippen LogP contribution in [0.3, 0.4) is 0 Å². The first kappa shape index (κ1) is 12.4. The minimum atomic E-state index is -0.993. The Morgan fingerprint density at radius 2 is 1.75 bits per heavy atom.